The number of carbonyl (C=O) groups excluding carboxylic acids is 1. The number of carbonyl (C=O) groups is 1. The summed E-state index contributed by atoms with van der Waals surface area (Å²) in [5, 5.41) is 3.66. The van der Waals surface area contributed by atoms with Crippen molar-refractivity contribution in [2.45, 2.75) is 31.7 Å². The Bertz CT molecular complexity index is 1120. The molecule has 2 fully saturated rings. The first-order chi connectivity index (χ1) is 16.1. The molecule has 1 amide bonds. The number of hydrogen-bond donors (Lipinski definition) is 1. The maximum Gasteiger partial charge on any atom is 0.253 e. The predicted octanol–water partition coefficient (Wildman–Crippen LogP) is 5.96. The molecule has 0 bridgehead atoms. The van der Waals surface area contributed by atoms with E-state index in [1.165, 1.54) is 37.3 Å². The fourth-order valence-electron chi connectivity index (χ4n) is 4.59. The Balaban J connectivity index is 1.22. The van der Waals surface area contributed by atoms with E-state index in [1.54, 1.807) is 6.20 Å². The van der Waals surface area contributed by atoms with E-state index in [-0.39, 0.29) is 5.91 Å². The van der Waals surface area contributed by atoms with Crippen molar-refractivity contribution in [3.05, 3.63) is 57.5 Å². The molecule has 0 radical (unpaired) electrons. The molecule has 6 nitrogen and oxygen atoms in total. The summed E-state index contributed by atoms with van der Waals surface area (Å²) >= 11 is 13.7. The molecule has 0 atom stereocenters. The minimum Gasteiger partial charge on any atom is -0.339 e. The number of rotatable bonds is 5. The highest BCUT2D eigenvalue weighted by Crippen LogP contribution is 2.34. The van der Waals surface area contributed by atoms with Crippen molar-refractivity contribution in [3.63, 3.8) is 0 Å². The van der Waals surface area contributed by atoms with Crippen LogP contribution in [-0.4, -0.2) is 57.9 Å². The van der Waals surface area contributed by atoms with Gasteiger partial charge >= 0.3 is 0 Å². The van der Waals surface area contributed by atoms with E-state index in [2.05, 4.69) is 20.2 Å². The molecule has 5 rings (SSSR count). The zero-order chi connectivity index (χ0) is 22.8. The molecule has 0 saturated carbocycles. The molecule has 4 heterocycles. The first kappa shape index (κ1) is 22.6. The van der Waals surface area contributed by atoms with Gasteiger partial charge in [0.1, 0.15) is 5.69 Å². The Labute approximate surface area is 207 Å². The second-order valence-electron chi connectivity index (χ2n) is 8.46. The quantitative estimate of drug-likeness (QED) is 0.467. The van der Waals surface area contributed by atoms with Crippen LogP contribution in [0.2, 0.25) is 9.36 Å². The van der Waals surface area contributed by atoms with Crippen molar-refractivity contribution in [2.24, 2.45) is 0 Å². The van der Waals surface area contributed by atoms with Gasteiger partial charge in [-0.25, -0.2) is 9.97 Å². The number of nitrogens with one attached hydrogen (secondary N) is 1. The largest absolute Gasteiger partial charge is 0.339 e. The van der Waals surface area contributed by atoms with Gasteiger partial charge in [-0.2, -0.15) is 0 Å². The zero-order valence-electron chi connectivity index (χ0n) is 18.1. The van der Waals surface area contributed by atoms with Crippen LogP contribution >= 0.6 is 34.5 Å². The van der Waals surface area contributed by atoms with Crippen molar-refractivity contribution in [1.82, 2.24) is 19.8 Å². The van der Waals surface area contributed by atoms with Crippen LogP contribution in [-0.2, 0) is 0 Å². The Morgan fingerprint density at radius 2 is 1.73 bits per heavy atom. The molecule has 33 heavy (non-hydrogen) atoms. The Hall–Kier alpha value is -2.19. The number of benzene rings is 1. The average molecular weight is 502 g/mol. The monoisotopic (exact) mass is 501 g/mol. The van der Waals surface area contributed by atoms with E-state index >= 15 is 0 Å². The van der Waals surface area contributed by atoms with E-state index in [9.17, 15) is 4.79 Å². The van der Waals surface area contributed by atoms with E-state index in [0.29, 0.717) is 32.6 Å². The highest BCUT2D eigenvalue weighted by atomic mass is 35.5. The Kier molecular flexibility index (Phi) is 6.83. The predicted molar refractivity (Wildman–Crippen MR) is 135 cm³/mol. The molecular formula is C24H25Cl2N5OS. The van der Waals surface area contributed by atoms with Crippen LogP contribution in [0.4, 0.5) is 11.6 Å². The molecule has 1 aromatic carbocycles. The molecule has 0 spiro atoms. The van der Waals surface area contributed by atoms with Crippen molar-refractivity contribution in [1.29, 1.82) is 0 Å². The normalized spacial score (nSPS) is 17.5. The van der Waals surface area contributed by atoms with Crippen molar-refractivity contribution in [3.8, 4) is 10.6 Å². The summed E-state index contributed by atoms with van der Waals surface area (Å²) in [6, 6.07) is 11.8. The van der Waals surface area contributed by atoms with Gasteiger partial charge in [-0.1, -0.05) is 23.2 Å². The maximum absolute atomic E-state index is 13.0. The lowest BCUT2D eigenvalue weighted by Gasteiger charge is -2.36. The number of nitrogens with zero attached hydrogens (tertiary/aromatic N) is 4. The van der Waals surface area contributed by atoms with Crippen LogP contribution in [0.15, 0.2) is 42.6 Å². The van der Waals surface area contributed by atoms with Gasteiger partial charge in [0.25, 0.3) is 5.91 Å². The van der Waals surface area contributed by atoms with Crippen LogP contribution in [0, 0.1) is 0 Å². The van der Waals surface area contributed by atoms with Gasteiger partial charge < -0.3 is 15.1 Å². The summed E-state index contributed by atoms with van der Waals surface area (Å²) in [4.78, 5) is 27.3. The summed E-state index contributed by atoms with van der Waals surface area (Å²) in [5.41, 5.74) is 2.14. The van der Waals surface area contributed by atoms with Gasteiger partial charge in [0.05, 0.1) is 20.4 Å². The SMILES string of the molecule is O=C(c1ccc(Nc2ncc(Cl)c(-c3ccc(Cl)s3)n2)cc1)N1CCC(N2CCCC2)CC1. The lowest BCUT2D eigenvalue weighted by Crippen LogP contribution is -2.45. The molecule has 1 N–H and O–H groups in total. The molecule has 2 aliphatic rings. The van der Waals surface area contributed by atoms with Crippen molar-refractivity contribution in [2.75, 3.05) is 31.5 Å². The first-order valence-electron chi connectivity index (χ1n) is 11.3. The number of hydrogen-bond acceptors (Lipinski definition) is 6. The smallest absolute Gasteiger partial charge is 0.253 e. The molecule has 2 aliphatic heterocycles. The van der Waals surface area contributed by atoms with Crippen molar-refractivity contribution < 1.29 is 4.79 Å². The third-order valence-electron chi connectivity index (χ3n) is 6.35. The third-order valence-corrected chi connectivity index (χ3v) is 7.86. The van der Waals surface area contributed by atoms with E-state index < -0.39 is 0 Å². The minimum absolute atomic E-state index is 0.0982. The number of aromatic nitrogens is 2. The second kappa shape index (κ2) is 9.97. The molecule has 2 saturated heterocycles. The van der Waals surface area contributed by atoms with Gasteiger partial charge in [0.2, 0.25) is 5.95 Å². The summed E-state index contributed by atoms with van der Waals surface area (Å²) < 4.78 is 0.676. The summed E-state index contributed by atoms with van der Waals surface area (Å²) in [6.45, 7) is 4.09. The number of anilines is 2. The van der Waals surface area contributed by atoms with E-state index in [4.69, 9.17) is 23.2 Å². The molecule has 172 valence electrons. The highest BCUT2D eigenvalue weighted by Gasteiger charge is 2.28. The van der Waals surface area contributed by atoms with E-state index in [1.807, 2.05) is 41.3 Å². The number of thiophene rings is 1. The average Bonchev–Trinajstić information content (AvgIpc) is 3.53. The minimum atomic E-state index is 0.0982. The number of amides is 1. The number of piperidine rings is 1. The highest BCUT2D eigenvalue weighted by molar-refractivity contribution is 7.19. The Morgan fingerprint density at radius 1 is 1.00 bits per heavy atom. The summed E-state index contributed by atoms with van der Waals surface area (Å²) in [6.07, 6.45) is 6.33. The first-order valence-corrected chi connectivity index (χ1v) is 12.8. The van der Waals surface area contributed by atoms with Crippen LogP contribution in [0.3, 0.4) is 0 Å². The number of likely N-dealkylation sites (tertiary alicyclic amines) is 2. The standard InChI is InChI=1S/C24H25Cl2N5OS/c25-19-15-27-24(29-22(19)20-7-8-21(26)33-20)28-17-5-3-16(4-6-17)23(32)31-13-9-18(10-14-31)30-11-1-2-12-30/h3-8,15,18H,1-2,9-14H2,(H,27,28,29). The third kappa shape index (κ3) is 5.17. The van der Waals surface area contributed by atoms with Crippen molar-refractivity contribution >= 4 is 52.1 Å². The fourth-order valence-corrected chi connectivity index (χ4v) is 5.89. The molecular weight excluding hydrogens is 477 g/mol. The Morgan fingerprint density at radius 3 is 2.39 bits per heavy atom. The second-order valence-corrected chi connectivity index (χ2v) is 10.6. The van der Waals surface area contributed by atoms with Crippen LogP contribution < -0.4 is 5.32 Å². The van der Waals surface area contributed by atoms with Gasteiger partial charge in [-0.3, -0.25) is 4.79 Å². The van der Waals surface area contributed by atoms with E-state index in [0.717, 1.165) is 36.5 Å². The lowest BCUT2D eigenvalue weighted by atomic mass is 10.0. The zero-order valence-corrected chi connectivity index (χ0v) is 20.5. The molecule has 2 aromatic heterocycles. The lowest BCUT2D eigenvalue weighted by molar-refractivity contribution is 0.0644. The molecule has 9 heteroatoms. The number of halogens is 2. The molecule has 0 aliphatic carbocycles. The van der Waals surface area contributed by atoms with Crippen LogP contribution in [0.25, 0.3) is 10.6 Å². The van der Waals surface area contributed by atoms with Gasteiger partial charge in [0.15, 0.2) is 0 Å². The van der Waals surface area contributed by atoms with Crippen LogP contribution in [0.1, 0.15) is 36.0 Å². The van der Waals surface area contributed by atoms with Gasteiger partial charge in [0, 0.05) is 30.4 Å². The van der Waals surface area contributed by atoms with Crippen LogP contribution in [0.5, 0.6) is 0 Å². The topological polar surface area (TPSA) is 61.4 Å². The van der Waals surface area contributed by atoms with Gasteiger partial charge in [-0.05, 0) is 75.2 Å². The molecule has 3 aromatic rings. The fraction of sp³-hybridized carbons (Fsp3) is 0.375. The summed E-state index contributed by atoms with van der Waals surface area (Å²) in [7, 11) is 0. The maximum atomic E-state index is 13.0. The van der Waals surface area contributed by atoms with Gasteiger partial charge in [-0.15, -0.1) is 11.3 Å². The molecule has 0 unspecified atom stereocenters. The summed E-state index contributed by atoms with van der Waals surface area (Å²) in [5.74, 6) is 0.531.